The van der Waals surface area contributed by atoms with Crippen LogP contribution < -0.4 is 4.74 Å². The largest absolute Gasteiger partial charge is 0.497 e. The summed E-state index contributed by atoms with van der Waals surface area (Å²) in [7, 11) is 3.54. The van der Waals surface area contributed by atoms with Gasteiger partial charge in [-0.3, -0.25) is 14.4 Å². The topological polar surface area (TPSA) is 89.5 Å². The Labute approximate surface area is 181 Å². The van der Waals surface area contributed by atoms with Crippen molar-refractivity contribution >= 4 is 5.91 Å². The number of amides is 1. The molecule has 0 saturated carbocycles. The lowest BCUT2D eigenvalue weighted by atomic mass is 10.1. The molecule has 1 fully saturated rings. The van der Waals surface area contributed by atoms with Crippen LogP contribution in [0.4, 0.5) is 0 Å². The van der Waals surface area contributed by atoms with Gasteiger partial charge < -0.3 is 14.2 Å². The maximum atomic E-state index is 12.8. The first-order valence-electron chi connectivity index (χ1n) is 10.4. The van der Waals surface area contributed by atoms with Crippen molar-refractivity contribution in [3.8, 4) is 17.1 Å². The van der Waals surface area contributed by atoms with Crippen LogP contribution in [0.1, 0.15) is 22.8 Å². The minimum Gasteiger partial charge on any atom is -0.497 e. The maximum absolute atomic E-state index is 12.8. The molecule has 3 heterocycles. The summed E-state index contributed by atoms with van der Waals surface area (Å²) in [4.78, 5) is 21.4. The van der Waals surface area contributed by atoms with Crippen molar-refractivity contribution in [1.29, 1.82) is 0 Å². The third kappa shape index (κ3) is 4.61. The van der Waals surface area contributed by atoms with Crippen LogP contribution in [0.25, 0.3) is 11.4 Å². The first-order valence-corrected chi connectivity index (χ1v) is 10.4. The average Bonchev–Trinajstić information content (AvgIpc) is 3.34. The van der Waals surface area contributed by atoms with Gasteiger partial charge >= 0.3 is 0 Å². The highest BCUT2D eigenvalue weighted by atomic mass is 16.5. The Morgan fingerprint density at radius 1 is 1.13 bits per heavy atom. The van der Waals surface area contributed by atoms with Gasteiger partial charge in [0.15, 0.2) is 0 Å². The van der Waals surface area contributed by atoms with Crippen LogP contribution in [-0.4, -0.2) is 68.9 Å². The molecule has 0 unspecified atom stereocenters. The molecule has 1 aliphatic heterocycles. The highest BCUT2D eigenvalue weighted by molar-refractivity contribution is 5.79. The van der Waals surface area contributed by atoms with E-state index >= 15 is 0 Å². The summed E-state index contributed by atoms with van der Waals surface area (Å²) in [6, 6.07) is 7.55. The monoisotopic (exact) mass is 424 g/mol. The van der Waals surface area contributed by atoms with Crippen LogP contribution in [0.3, 0.4) is 0 Å². The van der Waals surface area contributed by atoms with Gasteiger partial charge in [0, 0.05) is 50.0 Å². The predicted octanol–water partition coefficient (Wildman–Crippen LogP) is 1.98. The van der Waals surface area contributed by atoms with Crippen LogP contribution >= 0.6 is 0 Å². The Bertz CT molecular complexity index is 1050. The molecule has 4 rings (SSSR count). The van der Waals surface area contributed by atoms with Crippen molar-refractivity contribution in [2.24, 2.45) is 7.05 Å². The van der Waals surface area contributed by atoms with Crippen LogP contribution in [-0.2, 0) is 24.8 Å². The standard InChI is InChI=1S/C22H28N6O3/c1-15-19(16(2)26(3)24-15)13-21(29)28-11-9-27(10-12-28)14-20-23-22(25-31-20)17-5-7-18(30-4)8-6-17/h5-8H,9-14H2,1-4H3. The number of methoxy groups -OCH3 is 1. The molecule has 0 bridgehead atoms. The van der Waals surface area contributed by atoms with Crippen molar-refractivity contribution in [3.05, 3.63) is 47.1 Å². The van der Waals surface area contributed by atoms with Crippen molar-refractivity contribution in [2.75, 3.05) is 33.3 Å². The normalized spacial score (nSPS) is 14.8. The second-order valence-electron chi connectivity index (χ2n) is 7.85. The lowest BCUT2D eigenvalue weighted by Crippen LogP contribution is -2.48. The van der Waals surface area contributed by atoms with Crippen LogP contribution in [0.5, 0.6) is 5.75 Å². The summed E-state index contributed by atoms with van der Waals surface area (Å²) >= 11 is 0. The van der Waals surface area contributed by atoms with E-state index in [0.29, 0.717) is 37.8 Å². The number of ether oxygens (including phenoxy) is 1. The van der Waals surface area contributed by atoms with Crippen molar-refractivity contribution in [3.63, 3.8) is 0 Å². The second kappa shape index (κ2) is 8.89. The molecule has 0 atom stereocenters. The molecule has 3 aromatic rings. The zero-order chi connectivity index (χ0) is 22.0. The van der Waals surface area contributed by atoms with Crippen molar-refractivity contribution in [2.45, 2.75) is 26.8 Å². The third-order valence-electron chi connectivity index (χ3n) is 5.89. The molecule has 0 spiro atoms. The molecule has 1 amide bonds. The van der Waals surface area contributed by atoms with Gasteiger partial charge in [-0.2, -0.15) is 10.1 Å². The molecule has 2 aromatic heterocycles. The van der Waals surface area contributed by atoms with E-state index in [-0.39, 0.29) is 5.91 Å². The number of rotatable bonds is 6. The predicted molar refractivity (Wildman–Crippen MR) is 115 cm³/mol. The summed E-state index contributed by atoms with van der Waals surface area (Å²) in [6.07, 6.45) is 0.403. The molecule has 1 aliphatic rings. The second-order valence-corrected chi connectivity index (χ2v) is 7.85. The molecule has 164 valence electrons. The van der Waals surface area contributed by atoms with E-state index in [4.69, 9.17) is 9.26 Å². The molecule has 1 aromatic carbocycles. The average molecular weight is 425 g/mol. The van der Waals surface area contributed by atoms with Crippen LogP contribution in [0.15, 0.2) is 28.8 Å². The number of hydrogen-bond donors (Lipinski definition) is 0. The van der Waals surface area contributed by atoms with Gasteiger partial charge in [0.05, 0.1) is 25.8 Å². The number of hydrogen-bond acceptors (Lipinski definition) is 7. The number of benzene rings is 1. The summed E-state index contributed by atoms with van der Waals surface area (Å²) < 4.78 is 12.4. The lowest BCUT2D eigenvalue weighted by Gasteiger charge is -2.34. The number of aromatic nitrogens is 4. The first kappa shape index (κ1) is 21.0. The van der Waals surface area contributed by atoms with E-state index in [1.54, 1.807) is 7.11 Å². The molecule has 1 saturated heterocycles. The molecular weight excluding hydrogens is 396 g/mol. The molecule has 9 nitrogen and oxygen atoms in total. The number of aryl methyl sites for hydroxylation is 2. The number of piperazine rings is 1. The van der Waals surface area contributed by atoms with E-state index in [2.05, 4.69) is 20.1 Å². The van der Waals surface area contributed by atoms with Gasteiger partial charge in [0.2, 0.25) is 17.6 Å². The Morgan fingerprint density at radius 3 is 2.45 bits per heavy atom. The first-order chi connectivity index (χ1) is 14.9. The molecule has 9 heteroatoms. The molecular formula is C22H28N6O3. The Morgan fingerprint density at radius 2 is 1.84 bits per heavy atom. The van der Waals surface area contributed by atoms with Gasteiger partial charge in [0.1, 0.15) is 5.75 Å². The number of carbonyl (C=O) groups is 1. The van der Waals surface area contributed by atoms with E-state index in [1.807, 2.05) is 54.7 Å². The van der Waals surface area contributed by atoms with Gasteiger partial charge in [-0.05, 0) is 38.1 Å². The Kier molecular flexibility index (Phi) is 6.03. The third-order valence-corrected chi connectivity index (χ3v) is 5.89. The molecule has 0 aliphatic carbocycles. The van der Waals surface area contributed by atoms with E-state index < -0.39 is 0 Å². The van der Waals surface area contributed by atoms with E-state index in [9.17, 15) is 4.79 Å². The lowest BCUT2D eigenvalue weighted by molar-refractivity contribution is -0.132. The number of carbonyl (C=O) groups excluding carboxylic acids is 1. The van der Waals surface area contributed by atoms with Crippen molar-refractivity contribution < 1.29 is 14.1 Å². The summed E-state index contributed by atoms with van der Waals surface area (Å²) in [5, 5.41) is 8.50. The number of nitrogens with zero attached hydrogens (tertiary/aromatic N) is 6. The van der Waals surface area contributed by atoms with Gasteiger partial charge in [-0.1, -0.05) is 5.16 Å². The van der Waals surface area contributed by atoms with Crippen LogP contribution in [0, 0.1) is 13.8 Å². The summed E-state index contributed by atoms with van der Waals surface area (Å²) in [6.45, 7) is 7.47. The Balaban J connectivity index is 1.30. The van der Waals surface area contributed by atoms with Crippen LogP contribution in [0.2, 0.25) is 0 Å². The fourth-order valence-electron chi connectivity index (χ4n) is 3.86. The fraction of sp³-hybridized carbons (Fsp3) is 0.455. The fourth-order valence-corrected chi connectivity index (χ4v) is 3.86. The van der Waals surface area contributed by atoms with Gasteiger partial charge in [0.25, 0.3) is 0 Å². The molecule has 0 N–H and O–H groups in total. The smallest absolute Gasteiger partial charge is 0.241 e. The minimum absolute atomic E-state index is 0.151. The van der Waals surface area contributed by atoms with Crippen molar-refractivity contribution in [1.82, 2.24) is 29.7 Å². The minimum atomic E-state index is 0.151. The highest BCUT2D eigenvalue weighted by Gasteiger charge is 2.24. The van der Waals surface area contributed by atoms with Gasteiger partial charge in [-0.25, -0.2) is 0 Å². The zero-order valence-corrected chi connectivity index (χ0v) is 18.5. The zero-order valence-electron chi connectivity index (χ0n) is 18.5. The molecule has 31 heavy (non-hydrogen) atoms. The maximum Gasteiger partial charge on any atom is 0.241 e. The SMILES string of the molecule is COc1ccc(-c2noc(CN3CCN(C(=O)Cc4c(C)nn(C)c4C)CC3)n2)cc1. The molecule has 0 radical (unpaired) electrons. The van der Waals surface area contributed by atoms with E-state index in [0.717, 1.165) is 41.4 Å². The van der Waals surface area contributed by atoms with Gasteiger partial charge in [-0.15, -0.1) is 0 Å². The summed E-state index contributed by atoms with van der Waals surface area (Å²) in [5.41, 5.74) is 3.89. The highest BCUT2D eigenvalue weighted by Crippen LogP contribution is 2.20. The summed E-state index contributed by atoms with van der Waals surface area (Å²) in [5.74, 6) is 2.08. The van der Waals surface area contributed by atoms with E-state index in [1.165, 1.54) is 0 Å². The Hall–Kier alpha value is -3.20. The quantitative estimate of drug-likeness (QED) is 0.598.